The summed E-state index contributed by atoms with van der Waals surface area (Å²) >= 11 is 0. The van der Waals surface area contributed by atoms with Gasteiger partial charge in [-0.2, -0.15) is 0 Å². The van der Waals surface area contributed by atoms with Crippen molar-refractivity contribution >= 4 is 17.8 Å². The van der Waals surface area contributed by atoms with Gasteiger partial charge in [0.1, 0.15) is 5.92 Å². The molecule has 4 amide bonds. The normalized spacial score (nSPS) is 30.0. The van der Waals surface area contributed by atoms with Crippen LogP contribution in [0.3, 0.4) is 0 Å². The Morgan fingerprint density at radius 1 is 0.950 bits per heavy atom. The van der Waals surface area contributed by atoms with Gasteiger partial charge in [-0.05, 0) is 24.8 Å². The highest BCUT2D eigenvalue weighted by atomic mass is 16.2. The van der Waals surface area contributed by atoms with Gasteiger partial charge in [-0.1, -0.05) is 13.8 Å². The van der Waals surface area contributed by atoms with Crippen LogP contribution in [0.2, 0.25) is 0 Å². The Morgan fingerprint density at radius 3 is 1.90 bits per heavy atom. The van der Waals surface area contributed by atoms with Crippen molar-refractivity contribution in [1.29, 1.82) is 0 Å². The molecule has 2 saturated heterocycles. The monoisotopic (exact) mass is 281 g/mol. The van der Waals surface area contributed by atoms with E-state index in [0.717, 1.165) is 22.9 Å². The average molecular weight is 281 g/mol. The second kappa shape index (κ2) is 5.16. The van der Waals surface area contributed by atoms with Crippen molar-refractivity contribution in [3.8, 4) is 0 Å². The predicted molar refractivity (Wildman–Crippen MR) is 73.7 cm³/mol. The molecule has 0 bridgehead atoms. The average Bonchev–Trinajstić information content (AvgIpc) is 2.76. The maximum Gasteiger partial charge on any atom is 0.332 e. The highest BCUT2D eigenvalue weighted by Crippen LogP contribution is 2.37. The van der Waals surface area contributed by atoms with Gasteiger partial charge < -0.3 is 4.90 Å². The second-order valence-corrected chi connectivity index (χ2v) is 6.35. The first kappa shape index (κ1) is 15.0. The lowest BCUT2D eigenvalue weighted by molar-refractivity contribution is -0.150. The quantitative estimate of drug-likeness (QED) is 0.691. The first-order valence-corrected chi connectivity index (χ1v) is 7.03. The van der Waals surface area contributed by atoms with Crippen molar-refractivity contribution in [2.75, 3.05) is 34.2 Å². The molecule has 6 heteroatoms. The third-order valence-corrected chi connectivity index (χ3v) is 4.65. The van der Waals surface area contributed by atoms with Crippen molar-refractivity contribution < 1.29 is 14.4 Å². The van der Waals surface area contributed by atoms with Gasteiger partial charge in [-0.15, -0.1) is 0 Å². The fraction of sp³-hybridized carbons (Fsp3) is 0.786. The molecule has 20 heavy (non-hydrogen) atoms. The van der Waals surface area contributed by atoms with Crippen LogP contribution >= 0.6 is 0 Å². The van der Waals surface area contributed by atoms with E-state index in [1.165, 1.54) is 14.1 Å². The van der Waals surface area contributed by atoms with E-state index >= 15 is 0 Å². The van der Waals surface area contributed by atoms with Crippen LogP contribution in [0.1, 0.15) is 13.8 Å². The Labute approximate surface area is 119 Å². The first-order chi connectivity index (χ1) is 9.25. The van der Waals surface area contributed by atoms with Crippen molar-refractivity contribution in [1.82, 2.24) is 14.7 Å². The lowest BCUT2D eigenvalue weighted by atomic mass is 9.76. The molecule has 2 aliphatic heterocycles. The van der Waals surface area contributed by atoms with E-state index in [1.54, 1.807) is 0 Å². The minimum Gasteiger partial charge on any atom is -0.306 e. The number of amides is 4. The molecule has 0 saturated carbocycles. The molecule has 0 aromatic rings. The minimum absolute atomic E-state index is 0.0157. The molecule has 2 rings (SSSR count). The number of nitrogens with zero attached hydrogens (tertiary/aromatic N) is 3. The standard InChI is InChI=1S/C14H23N3O3/c1-8(2)9-6-15(3)7-10(9)11-12(18)16(4)14(20)17(5)13(11)19/h8-11H,6-7H2,1-5H3. The zero-order valence-electron chi connectivity index (χ0n) is 12.8. The molecule has 2 aliphatic rings. The maximum absolute atomic E-state index is 12.4. The maximum atomic E-state index is 12.4. The summed E-state index contributed by atoms with van der Waals surface area (Å²) in [6, 6.07) is -0.538. The SMILES string of the molecule is CC(C)C1CN(C)CC1C1C(=O)N(C)C(=O)N(C)C1=O. The summed E-state index contributed by atoms with van der Waals surface area (Å²) in [6.45, 7) is 5.85. The Hall–Kier alpha value is -1.43. The number of imide groups is 2. The number of likely N-dealkylation sites (tertiary alicyclic amines) is 1. The molecule has 0 spiro atoms. The molecular formula is C14H23N3O3. The Balaban J connectivity index is 2.32. The Kier molecular flexibility index (Phi) is 3.86. The smallest absolute Gasteiger partial charge is 0.306 e. The van der Waals surface area contributed by atoms with E-state index in [0.29, 0.717) is 11.8 Å². The summed E-state index contributed by atoms with van der Waals surface area (Å²) in [7, 11) is 4.90. The highest BCUT2D eigenvalue weighted by molar-refractivity contribution is 6.15. The molecule has 0 N–H and O–H groups in total. The van der Waals surface area contributed by atoms with Crippen LogP contribution in [-0.4, -0.2) is 66.8 Å². The van der Waals surface area contributed by atoms with Gasteiger partial charge in [0.05, 0.1) is 0 Å². The molecule has 6 nitrogen and oxygen atoms in total. The molecule has 112 valence electrons. The third kappa shape index (κ3) is 2.22. The molecule has 0 aliphatic carbocycles. The van der Waals surface area contributed by atoms with E-state index in [-0.39, 0.29) is 17.7 Å². The van der Waals surface area contributed by atoms with E-state index in [4.69, 9.17) is 0 Å². The minimum atomic E-state index is -0.722. The summed E-state index contributed by atoms with van der Waals surface area (Å²) in [5.41, 5.74) is 0. The zero-order chi connectivity index (χ0) is 15.2. The highest BCUT2D eigenvalue weighted by Gasteiger charge is 2.51. The molecule has 2 heterocycles. The number of carbonyl (C=O) groups is 3. The van der Waals surface area contributed by atoms with Crippen LogP contribution < -0.4 is 0 Å². The Morgan fingerprint density at radius 2 is 1.45 bits per heavy atom. The van der Waals surface area contributed by atoms with Crippen LogP contribution in [0.25, 0.3) is 0 Å². The third-order valence-electron chi connectivity index (χ3n) is 4.65. The lowest BCUT2D eigenvalue weighted by Gasteiger charge is -2.37. The number of urea groups is 1. The second-order valence-electron chi connectivity index (χ2n) is 6.35. The van der Waals surface area contributed by atoms with Crippen molar-refractivity contribution in [3.05, 3.63) is 0 Å². The molecule has 0 aromatic heterocycles. The number of carbonyl (C=O) groups excluding carboxylic acids is 3. The summed E-state index contributed by atoms with van der Waals surface area (Å²) < 4.78 is 0. The summed E-state index contributed by atoms with van der Waals surface area (Å²) in [5.74, 6) is -0.752. The molecule has 2 fully saturated rings. The predicted octanol–water partition coefficient (Wildman–Crippen LogP) is 0.487. The van der Waals surface area contributed by atoms with Gasteiger partial charge in [0, 0.05) is 27.2 Å². The van der Waals surface area contributed by atoms with Crippen molar-refractivity contribution in [3.63, 3.8) is 0 Å². The molecule has 0 aromatic carbocycles. The Bertz CT molecular complexity index is 425. The van der Waals surface area contributed by atoms with Gasteiger partial charge in [0.25, 0.3) is 0 Å². The fourth-order valence-corrected chi connectivity index (χ4v) is 3.43. The fourth-order valence-electron chi connectivity index (χ4n) is 3.43. The number of rotatable bonds is 2. The van der Waals surface area contributed by atoms with E-state index in [1.807, 2.05) is 7.05 Å². The first-order valence-electron chi connectivity index (χ1n) is 7.03. The number of hydrogen-bond donors (Lipinski definition) is 0. The molecular weight excluding hydrogens is 258 g/mol. The van der Waals surface area contributed by atoms with E-state index in [9.17, 15) is 14.4 Å². The van der Waals surface area contributed by atoms with Crippen LogP contribution in [0, 0.1) is 23.7 Å². The summed E-state index contributed by atoms with van der Waals surface area (Å²) in [5, 5.41) is 0. The number of barbiturate groups is 1. The molecule has 0 radical (unpaired) electrons. The van der Waals surface area contributed by atoms with E-state index in [2.05, 4.69) is 18.7 Å². The van der Waals surface area contributed by atoms with Gasteiger partial charge >= 0.3 is 6.03 Å². The summed E-state index contributed by atoms with van der Waals surface area (Å²) in [6.07, 6.45) is 0. The van der Waals surface area contributed by atoms with Crippen molar-refractivity contribution in [2.24, 2.45) is 23.7 Å². The van der Waals surface area contributed by atoms with Gasteiger partial charge in [0.2, 0.25) is 11.8 Å². The topological polar surface area (TPSA) is 60.9 Å². The summed E-state index contributed by atoms with van der Waals surface area (Å²) in [4.78, 5) is 40.9. The van der Waals surface area contributed by atoms with Gasteiger partial charge in [-0.3, -0.25) is 19.4 Å². The van der Waals surface area contributed by atoms with Crippen LogP contribution in [-0.2, 0) is 9.59 Å². The lowest BCUT2D eigenvalue weighted by Crippen LogP contribution is -2.59. The molecule has 2 unspecified atom stereocenters. The van der Waals surface area contributed by atoms with Gasteiger partial charge in [0.15, 0.2) is 0 Å². The van der Waals surface area contributed by atoms with Crippen LogP contribution in [0.15, 0.2) is 0 Å². The van der Waals surface area contributed by atoms with Gasteiger partial charge in [-0.25, -0.2) is 4.79 Å². The van der Waals surface area contributed by atoms with Crippen LogP contribution in [0.4, 0.5) is 4.79 Å². The molecule has 2 atom stereocenters. The van der Waals surface area contributed by atoms with Crippen LogP contribution in [0.5, 0.6) is 0 Å². The van der Waals surface area contributed by atoms with E-state index < -0.39 is 11.9 Å². The largest absolute Gasteiger partial charge is 0.332 e. The zero-order valence-corrected chi connectivity index (χ0v) is 12.8. The number of hydrogen-bond acceptors (Lipinski definition) is 4. The van der Waals surface area contributed by atoms with Crippen molar-refractivity contribution in [2.45, 2.75) is 13.8 Å².